The highest BCUT2D eigenvalue weighted by Crippen LogP contribution is 2.52. The highest BCUT2D eigenvalue weighted by atomic mass is 19.1. The molecule has 400 valence electrons. The number of aromatic nitrogens is 1. The number of benzene rings is 10. The van der Waals surface area contributed by atoms with Gasteiger partial charge in [-0.15, -0.1) is 0 Å². The zero-order chi connectivity index (χ0) is 56.4. The maximum atomic E-state index is 17.8. The molecule has 0 saturated heterocycles. The molecule has 1 aromatic heterocycles. The molecule has 5 nitrogen and oxygen atoms in total. The first-order valence-corrected chi connectivity index (χ1v) is 28.5. The Morgan fingerprint density at radius 3 is 1.42 bits per heavy atom. The molecule has 0 atom stereocenters. The monoisotopic (exact) mass is 1060 g/mol. The van der Waals surface area contributed by atoms with Gasteiger partial charge in [-0.05, 0) is 188 Å². The van der Waals surface area contributed by atoms with E-state index in [4.69, 9.17) is 0 Å². The highest BCUT2D eigenvalue weighted by molar-refractivity contribution is 7.01. The van der Waals surface area contributed by atoms with Crippen molar-refractivity contribution in [1.29, 1.82) is 0 Å². The second kappa shape index (κ2) is 19.2. The van der Waals surface area contributed by atoms with Crippen molar-refractivity contribution in [3.63, 3.8) is 0 Å². The van der Waals surface area contributed by atoms with Crippen molar-refractivity contribution in [2.24, 2.45) is 7.05 Å². The molecule has 11 aromatic rings. The molecule has 13 rings (SSSR count). The minimum Gasteiger partial charge on any atom is -0.344 e. The molecule has 0 saturated carbocycles. The largest absolute Gasteiger partial charge is 0.344 e. The van der Waals surface area contributed by atoms with Crippen LogP contribution in [0.2, 0.25) is 0 Å². The van der Waals surface area contributed by atoms with Crippen LogP contribution in [0.15, 0.2) is 200 Å². The smallest absolute Gasteiger partial charge is 0.254 e. The molecule has 2 aliphatic rings. The van der Waals surface area contributed by atoms with E-state index >= 15 is 4.39 Å². The van der Waals surface area contributed by atoms with Crippen LogP contribution in [-0.4, -0.2) is 11.3 Å². The van der Waals surface area contributed by atoms with Gasteiger partial charge in [0.25, 0.3) is 6.71 Å². The number of halogens is 1. The molecule has 10 aromatic carbocycles. The molecule has 7 heteroatoms. The number of rotatable bonds is 8. The third-order valence-electron chi connectivity index (χ3n) is 17.0. The van der Waals surface area contributed by atoms with E-state index in [9.17, 15) is 0 Å². The molecular weight excluding hydrogens is 989 g/mol. The predicted octanol–water partition coefficient (Wildman–Crippen LogP) is 18.6. The van der Waals surface area contributed by atoms with Gasteiger partial charge in [0.1, 0.15) is 5.82 Å². The lowest BCUT2D eigenvalue weighted by atomic mass is 9.33. The van der Waals surface area contributed by atoms with E-state index in [0.29, 0.717) is 5.69 Å². The number of fused-ring (bicyclic) bond motifs is 8. The summed E-state index contributed by atoms with van der Waals surface area (Å²) < 4.78 is 20.2. The Hall–Kier alpha value is -8.81. The Bertz CT molecular complexity index is 4170. The van der Waals surface area contributed by atoms with E-state index < -0.39 is 0 Å². The predicted molar refractivity (Wildman–Crippen MR) is 345 cm³/mol. The van der Waals surface area contributed by atoms with Crippen LogP contribution in [0.1, 0.15) is 80.5 Å². The summed E-state index contributed by atoms with van der Waals surface area (Å²) in [6.07, 6.45) is 0. The quantitative estimate of drug-likeness (QED) is 0.141. The average Bonchev–Trinajstić information content (AvgIpc) is 3.94. The first-order chi connectivity index (χ1) is 38.8. The van der Waals surface area contributed by atoms with Crippen molar-refractivity contribution in [3.05, 3.63) is 245 Å². The van der Waals surface area contributed by atoms with Crippen LogP contribution < -0.4 is 36.0 Å². The summed E-state index contributed by atoms with van der Waals surface area (Å²) in [6.45, 7) is 24.0. The molecule has 0 amide bonds. The first kappa shape index (κ1) is 51.6. The van der Waals surface area contributed by atoms with Crippen molar-refractivity contribution in [2.45, 2.75) is 87.0 Å². The van der Waals surface area contributed by atoms with E-state index in [1.807, 2.05) is 13.0 Å². The van der Waals surface area contributed by atoms with Crippen LogP contribution in [0.5, 0.6) is 0 Å². The summed E-state index contributed by atoms with van der Waals surface area (Å²) in [7, 11) is 2.23. The fraction of sp³-hybridized carbons (Fsp3) is 0.189. The minimum absolute atomic E-state index is 0.0514. The summed E-state index contributed by atoms with van der Waals surface area (Å²) in [5.74, 6) is -0.273. The molecule has 0 spiro atoms. The second-order valence-electron chi connectivity index (χ2n) is 24.9. The van der Waals surface area contributed by atoms with Gasteiger partial charge in [-0.2, -0.15) is 0 Å². The number of aryl methyl sites for hydroxylation is 6. The summed E-state index contributed by atoms with van der Waals surface area (Å²) in [5.41, 5.74) is 25.3. The van der Waals surface area contributed by atoms with Gasteiger partial charge in [0.15, 0.2) is 0 Å². The van der Waals surface area contributed by atoms with Gasteiger partial charge in [0.2, 0.25) is 0 Å². The van der Waals surface area contributed by atoms with Crippen molar-refractivity contribution in [2.75, 3.05) is 19.6 Å². The van der Waals surface area contributed by atoms with Crippen molar-refractivity contribution < 1.29 is 4.39 Å². The third kappa shape index (κ3) is 8.68. The van der Waals surface area contributed by atoms with Crippen molar-refractivity contribution in [1.82, 2.24) is 4.57 Å². The molecular formula is C74H69BFN5. The fourth-order valence-electron chi connectivity index (χ4n) is 12.7. The molecule has 0 radical (unpaired) electrons. The number of nitrogens with zero attached hydrogens (tertiary/aromatic N) is 5. The van der Waals surface area contributed by atoms with Crippen LogP contribution in [0.3, 0.4) is 0 Å². The molecule has 2 aliphatic heterocycles. The maximum Gasteiger partial charge on any atom is 0.254 e. The minimum atomic E-state index is -0.297. The van der Waals surface area contributed by atoms with Crippen molar-refractivity contribution >= 4 is 113 Å². The molecule has 3 heterocycles. The molecule has 81 heavy (non-hydrogen) atoms. The summed E-state index contributed by atoms with van der Waals surface area (Å²) >= 11 is 0. The van der Waals surface area contributed by atoms with Crippen LogP contribution in [0, 0.1) is 40.4 Å². The fourth-order valence-corrected chi connectivity index (χ4v) is 12.7. The van der Waals surface area contributed by atoms with Crippen LogP contribution in [0.25, 0.3) is 21.8 Å². The first-order valence-electron chi connectivity index (χ1n) is 28.5. The van der Waals surface area contributed by atoms with Gasteiger partial charge < -0.3 is 24.2 Å². The third-order valence-corrected chi connectivity index (χ3v) is 17.0. The van der Waals surface area contributed by atoms with Gasteiger partial charge in [0, 0.05) is 85.7 Å². The molecule has 0 aliphatic carbocycles. The number of anilines is 12. The molecule has 0 fully saturated rings. The Balaban J connectivity index is 1.20. The highest BCUT2D eigenvalue weighted by Gasteiger charge is 2.47. The SMILES string of the molecule is Cc1ccc(N(c2ccc(C)cc2)c2ccc3c(c2)N(c2ccc(C(C)(C)C)cc2)c2cc(C(C)(C)C)cc4c2B3c2c(cc(N(c3ccc(C)cc3)c3ccc(C)cc3)c3c5ccccc5n(C)c23)N4c2ccc(C)cc2F)cc1. The summed E-state index contributed by atoms with van der Waals surface area (Å²) in [5, 5.41) is 2.29. The number of hydrogen-bond donors (Lipinski definition) is 0. The van der Waals surface area contributed by atoms with Crippen LogP contribution >= 0.6 is 0 Å². The number of hydrogen-bond acceptors (Lipinski definition) is 4. The average molecular weight is 1060 g/mol. The van der Waals surface area contributed by atoms with Gasteiger partial charge in [-0.1, -0.05) is 155 Å². The van der Waals surface area contributed by atoms with Crippen molar-refractivity contribution in [3.8, 4) is 0 Å². The Kier molecular flexibility index (Phi) is 12.2. The topological polar surface area (TPSA) is 17.9 Å². The lowest BCUT2D eigenvalue weighted by Crippen LogP contribution is -2.62. The van der Waals surface area contributed by atoms with Crippen LogP contribution in [-0.2, 0) is 17.9 Å². The lowest BCUT2D eigenvalue weighted by molar-refractivity contribution is 0.590. The second-order valence-corrected chi connectivity index (χ2v) is 24.9. The van der Waals surface area contributed by atoms with Gasteiger partial charge >= 0.3 is 0 Å². The standard InChI is InChI=1S/C74H69BFN5/c1-46-17-28-53(29-18-46)78(54-30-19-47(2)20-31-54)58-38-39-60-64(44-58)80(57-36-26-51(27-37-57)73(6,7)8)66-42-52(74(9,10)11)43-67-70(66)75(60)71-68(81(67)63-40-25-50(5)41-61(63)76)45-65(69-59-15-13-14-16-62(59)77(12)72(69)71)79(55-32-21-48(3)22-33-55)56-34-23-49(4)24-35-56/h13-45H,1-12H3. The summed E-state index contributed by atoms with van der Waals surface area (Å²) in [6, 6.07) is 73.6. The van der Waals surface area contributed by atoms with Crippen LogP contribution in [0.4, 0.5) is 72.6 Å². The van der Waals surface area contributed by atoms with Gasteiger partial charge in [-0.25, -0.2) is 4.39 Å². The summed E-state index contributed by atoms with van der Waals surface area (Å²) in [4.78, 5) is 9.59. The Morgan fingerprint density at radius 2 is 0.889 bits per heavy atom. The van der Waals surface area contributed by atoms with E-state index in [-0.39, 0.29) is 23.4 Å². The molecule has 0 N–H and O–H groups in total. The molecule has 0 unspecified atom stereocenters. The van der Waals surface area contributed by atoms with E-state index in [1.165, 1.54) is 33.3 Å². The zero-order valence-corrected chi connectivity index (χ0v) is 48.7. The Labute approximate surface area is 478 Å². The van der Waals surface area contributed by atoms with Gasteiger partial charge in [-0.3, -0.25) is 0 Å². The maximum absolute atomic E-state index is 17.8. The Morgan fingerprint density at radius 1 is 0.407 bits per heavy atom. The van der Waals surface area contributed by atoms with Gasteiger partial charge in [0.05, 0.1) is 11.4 Å². The van der Waals surface area contributed by atoms with E-state index in [2.05, 4.69) is 289 Å². The lowest BCUT2D eigenvalue weighted by Gasteiger charge is -2.46. The van der Waals surface area contributed by atoms with E-state index in [1.54, 1.807) is 6.07 Å². The normalized spacial score (nSPS) is 12.9. The number of para-hydroxylation sites is 1. The van der Waals surface area contributed by atoms with E-state index in [0.717, 1.165) is 106 Å². The molecule has 0 bridgehead atoms. The zero-order valence-electron chi connectivity index (χ0n) is 48.7.